The zero-order valence-corrected chi connectivity index (χ0v) is 15.3. The van der Waals surface area contributed by atoms with Crippen LogP contribution >= 0.6 is 23.4 Å². The van der Waals surface area contributed by atoms with Crippen LogP contribution in [0.5, 0.6) is 0 Å². The number of hydrogen-bond donors (Lipinski definition) is 1. The van der Waals surface area contributed by atoms with Crippen molar-refractivity contribution in [2.75, 3.05) is 5.32 Å². The fourth-order valence-electron chi connectivity index (χ4n) is 2.69. The summed E-state index contributed by atoms with van der Waals surface area (Å²) in [5, 5.41) is 11.9. The molecule has 2 aromatic rings. The number of carbonyl (C=O) groups excluding carboxylic acids is 1. The minimum absolute atomic E-state index is 0.0133. The van der Waals surface area contributed by atoms with Crippen LogP contribution in [0.15, 0.2) is 23.4 Å². The fourth-order valence-corrected chi connectivity index (χ4v) is 3.80. The average molecular weight is 381 g/mol. The number of rotatable bonds is 6. The molecule has 1 N–H and O–H groups in total. The van der Waals surface area contributed by atoms with Gasteiger partial charge in [0, 0.05) is 17.6 Å². The van der Waals surface area contributed by atoms with E-state index in [0.29, 0.717) is 17.6 Å². The quantitative estimate of drug-likeness (QED) is 0.754. The molecule has 132 valence electrons. The van der Waals surface area contributed by atoms with Crippen molar-refractivity contribution in [1.82, 2.24) is 14.8 Å². The highest BCUT2D eigenvalue weighted by Gasteiger charge is 2.37. The van der Waals surface area contributed by atoms with E-state index in [9.17, 15) is 9.18 Å². The maximum Gasteiger partial charge on any atom is 0.237 e. The number of hydrogen-bond acceptors (Lipinski definition) is 4. The Bertz CT molecular complexity index is 819. The van der Waals surface area contributed by atoms with E-state index in [2.05, 4.69) is 20.1 Å². The molecule has 0 spiro atoms. The van der Waals surface area contributed by atoms with Crippen LogP contribution in [0.3, 0.4) is 0 Å². The van der Waals surface area contributed by atoms with Crippen LogP contribution in [-0.2, 0) is 4.79 Å². The van der Waals surface area contributed by atoms with Gasteiger partial charge in [-0.25, -0.2) is 4.39 Å². The van der Waals surface area contributed by atoms with E-state index in [1.807, 2.05) is 6.92 Å². The largest absolute Gasteiger partial charge is 0.325 e. The molecule has 8 heteroatoms. The van der Waals surface area contributed by atoms with Crippen molar-refractivity contribution in [1.29, 1.82) is 0 Å². The molecule has 0 saturated heterocycles. The van der Waals surface area contributed by atoms with E-state index in [4.69, 9.17) is 11.6 Å². The number of benzene rings is 1. The molecular formula is C17H18ClFN4OS. The smallest absolute Gasteiger partial charge is 0.237 e. The third-order valence-corrected chi connectivity index (χ3v) is 5.73. The van der Waals surface area contributed by atoms with Gasteiger partial charge in [0.2, 0.25) is 5.91 Å². The number of carbonyl (C=O) groups is 1. The molecule has 0 aliphatic heterocycles. The lowest BCUT2D eigenvalue weighted by molar-refractivity contribution is -0.115. The van der Waals surface area contributed by atoms with Gasteiger partial charge in [-0.05, 0) is 50.8 Å². The van der Waals surface area contributed by atoms with Crippen molar-refractivity contribution >= 4 is 35.0 Å². The zero-order chi connectivity index (χ0) is 17.6. The van der Waals surface area contributed by atoms with Crippen molar-refractivity contribution in [3.63, 3.8) is 0 Å². The highest BCUT2D eigenvalue weighted by atomic mass is 35.5. The molecule has 2 saturated carbocycles. The Kier molecular flexibility index (Phi) is 4.45. The van der Waals surface area contributed by atoms with E-state index < -0.39 is 5.82 Å². The van der Waals surface area contributed by atoms with Gasteiger partial charge in [-0.3, -0.25) is 4.79 Å². The van der Waals surface area contributed by atoms with Crippen LogP contribution in [0.4, 0.5) is 10.1 Å². The number of nitrogens with one attached hydrogen (secondary N) is 1. The summed E-state index contributed by atoms with van der Waals surface area (Å²) >= 11 is 7.16. The van der Waals surface area contributed by atoms with E-state index in [1.54, 1.807) is 0 Å². The molecule has 0 bridgehead atoms. The first kappa shape index (κ1) is 16.8. The van der Waals surface area contributed by atoms with Gasteiger partial charge in [0.05, 0.1) is 10.3 Å². The highest BCUT2D eigenvalue weighted by molar-refractivity contribution is 8.00. The van der Waals surface area contributed by atoms with Crippen LogP contribution in [0.2, 0.25) is 5.02 Å². The summed E-state index contributed by atoms with van der Waals surface area (Å²) in [6.07, 6.45) is 4.66. The molecule has 2 aliphatic rings. The first-order valence-electron chi connectivity index (χ1n) is 8.40. The third-order valence-electron chi connectivity index (χ3n) is 4.38. The Morgan fingerprint density at radius 3 is 2.76 bits per heavy atom. The highest BCUT2D eigenvalue weighted by Crippen LogP contribution is 2.46. The van der Waals surface area contributed by atoms with Crippen LogP contribution in [-0.4, -0.2) is 25.9 Å². The Labute approximate surface area is 154 Å². The minimum atomic E-state index is -0.507. The normalized spacial score (nSPS) is 18.2. The lowest BCUT2D eigenvalue weighted by Gasteiger charge is -2.13. The molecule has 0 radical (unpaired) electrons. The Morgan fingerprint density at radius 1 is 1.36 bits per heavy atom. The average Bonchev–Trinajstić information content (AvgIpc) is 3.50. The van der Waals surface area contributed by atoms with Gasteiger partial charge in [-0.1, -0.05) is 23.4 Å². The van der Waals surface area contributed by atoms with Crippen LogP contribution in [0, 0.1) is 5.82 Å². The second kappa shape index (κ2) is 6.61. The van der Waals surface area contributed by atoms with E-state index in [-0.39, 0.29) is 16.2 Å². The number of nitrogens with zero attached hydrogens (tertiary/aromatic N) is 3. The van der Waals surface area contributed by atoms with Gasteiger partial charge in [0.25, 0.3) is 0 Å². The molecule has 25 heavy (non-hydrogen) atoms. The fraction of sp³-hybridized carbons (Fsp3) is 0.471. The molecule has 1 aromatic carbocycles. The molecule has 5 nitrogen and oxygen atoms in total. The van der Waals surface area contributed by atoms with Gasteiger partial charge in [0.1, 0.15) is 11.6 Å². The minimum Gasteiger partial charge on any atom is -0.325 e. The Hall–Kier alpha value is -1.60. The van der Waals surface area contributed by atoms with E-state index in [1.165, 1.54) is 42.8 Å². The molecule has 1 atom stereocenters. The third kappa shape index (κ3) is 3.67. The maximum atomic E-state index is 13.2. The SMILES string of the molecule is CC(Sc1nnc(C2CC2)n1C1CC1)C(=O)Nc1ccc(F)c(Cl)c1. The van der Waals surface area contributed by atoms with Crippen molar-refractivity contribution in [3.8, 4) is 0 Å². The molecule has 1 unspecified atom stereocenters. The summed E-state index contributed by atoms with van der Waals surface area (Å²) in [6.45, 7) is 1.83. The molecule has 1 amide bonds. The first-order valence-corrected chi connectivity index (χ1v) is 9.66. The summed E-state index contributed by atoms with van der Waals surface area (Å²) in [5.41, 5.74) is 0.478. The predicted octanol–water partition coefficient (Wildman–Crippen LogP) is 4.40. The van der Waals surface area contributed by atoms with Gasteiger partial charge in [-0.2, -0.15) is 0 Å². The van der Waals surface area contributed by atoms with Crippen LogP contribution in [0.25, 0.3) is 0 Å². The summed E-state index contributed by atoms with van der Waals surface area (Å²) in [7, 11) is 0. The maximum absolute atomic E-state index is 13.2. The molecule has 2 aliphatic carbocycles. The van der Waals surface area contributed by atoms with Gasteiger partial charge >= 0.3 is 0 Å². The number of amides is 1. The van der Waals surface area contributed by atoms with E-state index >= 15 is 0 Å². The second-order valence-electron chi connectivity index (χ2n) is 6.59. The van der Waals surface area contributed by atoms with Crippen molar-refractivity contribution in [2.24, 2.45) is 0 Å². The molecule has 4 rings (SSSR count). The van der Waals surface area contributed by atoms with Crippen molar-refractivity contribution < 1.29 is 9.18 Å². The van der Waals surface area contributed by atoms with Gasteiger partial charge in [0.15, 0.2) is 5.16 Å². The lowest BCUT2D eigenvalue weighted by Crippen LogP contribution is -2.23. The van der Waals surface area contributed by atoms with E-state index in [0.717, 1.165) is 23.8 Å². The molecule has 1 aromatic heterocycles. The topological polar surface area (TPSA) is 59.8 Å². The molecule has 1 heterocycles. The Morgan fingerprint density at radius 2 is 2.12 bits per heavy atom. The standard InChI is InChI=1S/C17H18ClFN4OS/c1-9(16(24)20-11-4-7-14(19)13(18)8-11)25-17-22-21-15(10-2-3-10)23(17)12-5-6-12/h4,7-10,12H,2-3,5-6H2,1H3,(H,20,24). The predicted molar refractivity (Wildman–Crippen MR) is 95.6 cm³/mol. The van der Waals surface area contributed by atoms with Gasteiger partial charge < -0.3 is 9.88 Å². The number of thioether (sulfide) groups is 1. The lowest BCUT2D eigenvalue weighted by atomic mass is 10.3. The number of anilines is 1. The summed E-state index contributed by atoms with van der Waals surface area (Å²) < 4.78 is 15.4. The van der Waals surface area contributed by atoms with Crippen molar-refractivity contribution in [2.45, 2.75) is 55.0 Å². The van der Waals surface area contributed by atoms with Crippen LogP contribution in [0.1, 0.15) is 50.4 Å². The second-order valence-corrected chi connectivity index (χ2v) is 8.31. The Balaban J connectivity index is 1.45. The van der Waals surface area contributed by atoms with Crippen molar-refractivity contribution in [3.05, 3.63) is 34.9 Å². The first-order chi connectivity index (χ1) is 12.0. The summed E-state index contributed by atoms with van der Waals surface area (Å²) in [4.78, 5) is 12.4. The summed E-state index contributed by atoms with van der Waals surface area (Å²) in [5.74, 6) is 0.925. The van der Waals surface area contributed by atoms with Crippen LogP contribution < -0.4 is 5.32 Å². The number of aromatic nitrogens is 3. The summed E-state index contributed by atoms with van der Waals surface area (Å²) in [6, 6.07) is 4.62. The van der Waals surface area contributed by atoms with Gasteiger partial charge in [-0.15, -0.1) is 10.2 Å². The number of halogens is 2. The zero-order valence-electron chi connectivity index (χ0n) is 13.7. The molecule has 2 fully saturated rings. The monoisotopic (exact) mass is 380 g/mol. The molecular weight excluding hydrogens is 363 g/mol.